The highest BCUT2D eigenvalue weighted by atomic mass is 32.3. The number of nitrogens with one attached hydrogen (secondary N) is 2. The van der Waals surface area contributed by atoms with E-state index in [9.17, 15) is 8.42 Å². The molecule has 9 heteroatoms. The Kier molecular flexibility index (Phi) is 7.02. The summed E-state index contributed by atoms with van der Waals surface area (Å²) in [6.07, 6.45) is 3.79. The van der Waals surface area contributed by atoms with E-state index in [1.54, 1.807) is 6.07 Å². The number of rotatable bonds is 4. The van der Waals surface area contributed by atoms with E-state index < -0.39 is 10.4 Å². The molecule has 0 saturated heterocycles. The molecule has 0 spiro atoms. The van der Waals surface area contributed by atoms with Crippen LogP contribution in [0.25, 0.3) is 67.6 Å². The number of hydrogen-bond acceptors (Lipinski definition) is 6. The molecule has 3 aliphatic rings. The van der Waals surface area contributed by atoms with Gasteiger partial charge in [-0.05, 0) is 58.7 Å². The Labute approximate surface area is 304 Å². The maximum Gasteiger partial charge on any atom is 0.501 e. The first-order valence-corrected chi connectivity index (χ1v) is 18.4. The van der Waals surface area contributed by atoms with Crippen LogP contribution in [0, 0.1) is 0 Å². The van der Waals surface area contributed by atoms with Gasteiger partial charge in [-0.15, -0.1) is 8.42 Å². The van der Waals surface area contributed by atoms with E-state index in [1.807, 2.05) is 109 Å². The minimum atomic E-state index is -4.38. The molecule has 4 aromatic carbocycles. The predicted octanol–water partition coefficient (Wildman–Crippen LogP) is 9.84. The van der Waals surface area contributed by atoms with Gasteiger partial charge in [-0.3, -0.25) is 0 Å². The van der Waals surface area contributed by atoms with Crippen LogP contribution in [-0.2, 0) is 10.4 Å². The fraction of sp³-hybridized carbons (Fsp3) is 0. The Morgan fingerprint density at radius 3 is 1.58 bits per heavy atom. The van der Waals surface area contributed by atoms with Gasteiger partial charge in [-0.2, -0.15) is 0 Å². The molecular formula is C44H28N4O4S. The van der Waals surface area contributed by atoms with Gasteiger partial charge in [0.2, 0.25) is 11.5 Å². The summed E-state index contributed by atoms with van der Waals surface area (Å²) in [5, 5.41) is 0. The van der Waals surface area contributed by atoms with Crippen LogP contribution in [0.15, 0.2) is 146 Å². The lowest BCUT2D eigenvalue weighted by atomic mass is 9.88. The van der Waals surface area contributed by atoms with Crippen molar-refractivity contribution in [3.05, 3.63) is 179 Å². The Balaban J connectivity index is 1.50. The molecule has 2 N–H and O–H groups in total. The molecule has 0 unspecified atom stereocenters. The molecule has 7 aromatic rings. The van der Waals surface area contributed by atoms with E-state index in [1.165, 1.54) is 0 Å². The van der Waals surface area contributed by atoms with Crippen molar-refractivity contribution >= 4 is 55.8 Å². The van der Waals surface area contributed by atoms with Crippen LogP contribution in [0.5, 0.6) is 11.5 Å². The molecule has 0 amide bonds. The molecular weight excluding hydrogens is 681 g/mol. The minimum Gasteiger partial charge on any atom is -0.355 e. The lowest BCUT2D eigenvalue weighted by Crippen LogP contribution is -2.09. The summed E-state index contributed by atoms with van der Waals surface area (Å²) in [7, 11) is -4.38. The third kappa shape index (κ3) is 5.33. The average molecular weight is 709 g/mol. The Morgan fingerprint density at radius 1 is 0.472 bits per heavy atom. The predicted molar refractivity (Wildman–Crippen MR) is 209 cm³/mol. The standard InChI is InChI=1S/C44H28N4O4S/c49-53(50)51-43-35-26-33-22-21-31(45-33)25-32-23-24-34(46-32)36(27-13-5-1-6-14-27)40-37(28-15-7-2-8-16-28)38(29-17-9-3-10-18-29)41(48-40)39(30-19-11-4-12-20-30)42(47-35)44(43)52-53/h1-26,46-47H. The summed E-state index contributed by atoms with van der Waals surface area (Å²) in [5.74, 6) is 0.121. The van der Waals surface area contributed by atoms with Crippen molar-refractivity contribution in [2.75, 3.05) is 0 Å². The number of H-pyrrole nitrogens is 2. The molecule has 6 heterocycles. The third-order valence-corrected chi connectivity index (χ3v) is 10.2. The van der Waals surface area contributed by atoms with Gasteiger partial charge in [0, 0.05) is 33.3 Å². The lowest BCUT2D eigenvalue weighted by Gasteiger charge is -2.13. The maximum absolute atomic E-state index is 13.0. The number of fused-ring (bicyclic) bond motifs is 11. The van der Waals surface area contributed by atoms with Crippen molar-refractivity contribution in [3.63, 3.8) is 0 Å². The summed E-state index contributed by atoms with van der Waals surface area (Å²) < 4.78 is 37.2. The van der Waals surface area contributed by atoms with E-state index in [-0.39, 0.29) is 11.5 Å². The third-order valence-electron chi connectivity index (χ3n) is 9.49. The van der Waals surface area contributed by atoms with Crippen molar-refractivity contribution in [3.8, 4) is 33.8 Å². The zero-order chi connectivity index (χ0) is 35.5. The number of nitrogens with zero attached hydrogens (tertiary/aromatic N) is 2. The molecule has 0 fully saturated rings. The number of aromatic amines is 2. The Bertz CT molecular complexity index is 2940. The zero-order valence-electron chi connectivity index (χ0n) is 27.9. The van der Waals surface area contributed by atoms with Crippen LogP contribution in [0.3, 0.4) is 0 Å². The summed E-state index contributed by atoms with van der Waals surface area (Å²) in [6, 6.07) is 48.3. The highest BCUT2D eigenvalue weighted by Gasteiger charge is 2.36. The monoisotopic (exact) mass is 708 g/mol. The Hall–Kier alpha value is -6.97. The lowest BCUT2D eigenvalue weighted by molar-refractivity contribution is 0.437. The fourth-order valence-electron chi connectivity index (χ4n) is 7.27. The molecule has 3 aromatic heterocycles. The van der Waals surface area contributed by atoms with E-state index in [4.69, 9.17) is 18.3 Å². The first kappa shape index (κ1) is 30.8. The number of aromatic nitrogens is 4. The van der Waals surface area contributed by atoms with Crippen LogP contribution in [-0.4, -0.2) is 28.4 Å². The smallest absolute Gasteiger partial charge is 0.355 e. The molecule has 53 heavy (non-hydrogen) atoms. The van der Waals surface area contributed by atoms with E-state index in [0.717, 1.165) is 61.4 Å². The first-order valence-electron chi connectivity index (χ1n) is 17.1. The van der Waals surface area contributed by atoms with E-state index in [0.29, 0.717) is 28.0 Å². The van der Waals surface area contributed by atoms with Crippen LogP contribution in [0.4, 0.5) is 0 Å². The second-order valence-corrected chi connectivity index (χ2v) is 14.0. The molecule has 0 aliphatic carbocycles. The van der Waals surface area contributed by atoms with E-state index in [2.05, 4.69) is 52.4 Å². The summed E-state index contributed by atoms with van der Waals surface area (Å²) in [6.45, 7) is 0. The molecule has 0 atom stereocenters. The average Bonchev–Trinajstić information content (AvgIpc) is 4.02. The van der Waals surface area contributed by atoms with Crippen LogP contribution >= 0.6 is 0 Å². The summed E-state index contributed by atoms with van der Waals surface area (Å²) in [4.78, 5) is 17.6. The van der Waals surface area contributed by atoms with Gasteiger partial charge in [0.15, 0.2) is 0 Å². The molecule has 0 saturated carbocycles. The molecule has 8 bridgehead atoms. The van der Waals surface area contributed by atoms with Gasteiger partial charge in [0.1, 0.15) is 0 Å². The van der Waals surface area contributed by atoms with Crippen molar-refractivity contribution in [2.45, 2.75) is 0 Å². The van der Waals surface area contributed by atoms with Crippen molar-refractivity contribution in [1.29, 1.82) is 0 Å². The van der Waals surface area contributed by atoms with Crippen LogP contribution in [0.1, 0.15) is 33.9 Å². The topological polar surface area (TPSA) is 110 Å². The Morgan fingerprint density at radius 2 is 0.981 bits per heavy atom. The maximum atomic E-state index is 13.0. The van der Waals surface area contributed by atoms with Gasteiger partial charge < -0.3 is 18.3 Å². The van der Waals surface area contributed by atoms with Gasteiger partial charge in [-0.25, -0.2) is 9.97 Å². The van der Waals surface area contributed by atoms with Crippen molar-refractivity contribution in [1.82, 2.24) is 19.9 Å². The molecule has 254 valence electrons. The molecule has 10 rings (SSSR count). The normalized spacial score (nSPS) is 14.1. The van der Waals surface area contributed by atoms with Gasteiger partial charge in [-0.1, -0.05) is 121 Å². The molecule has 3 aliphatic heterocycles. The molecule has 0 radical (unpaired) electrons. The summed E-state index contributed by atoms with van der Waals surface area (Å²) >= 11 is 0. The highest BCUT2D eigenvalue weighted by molar-refractivity contribution is 7.82. The van der Waals surface area contributed by atoms with Gasteiger partial charge >= 0.3 is 10.4 Å². The first-order chi connectivity index (χ1) is 26.0. The number of benzene rings is 4. The largest absolute Gasteiger partial charge is 0.501 e. The minimum absolute atomic E-state index is 0.0587. The SMILES string of the molecule is O=S1(=O)Oc2c(c3[nH]c2cc2nc(cc4ccc([nH]4)c(-c4ccccc4)c4nc(c3-c3ccccc3)C(c3ccccc3)=C4c3ccccc3)C=C2)O1. The second-order valence-electron chi connectivity index (χ2n) is 12.8. The van der Waals surface area contributed by atoms with E-state index >= 15 is 0 Å². The van der Waals surface area contributed by atoms with Crippen molar-refractivity contribution in [2.24, 2.45) is 0 Å². The van der Waals surface area contributed by atoms with Crippen LogP contribution < -0.4 is 8.37 Å². The second kappa shape index (κ2) is 12.1. The number of hydrogen-bond donors (Lipinski definition) is 2. The summed E-state index contributed by atoms with van der Waals surface area (Å²) in [5.41, 5.74) is 12.3. The fourth-order valence-corrected chi connectivity index (χ4v) is 8.04. The highest BCUT2D eigenvalue weighted by Crippen LogP contribution is 2.51. The molecule has 8 nitrogen and oxygen atoms in total. The zero-order valence-corrected chi connectivity index (χ0v) is 28.8. The van der Waals surface area contributed by atoms with Gasteiger partial charge in [0.05, 0.1) is 33.8 Å². The van der Waals surface area contributed by atoms with Gasteiger partial charge in [0.25, 0.3) is 0 Å². The van der Waals surface area contributed by atoms with Crippen molar-refractivity contribution < 1.29 is 16.8 Å². The quantitative estimate of drug-likeness (QED) is 0.188. The van der Waals surface area contributed by atoms with Crippen LogP contribution in [0.2, 0.25) is 0 Å².